The summed E-state index contributed by atoms with van der Waals surface area (Å²) < 4.78 is 7.87. The van der Waals surface area contributed by atoms with Crippen LogP contribution >= 0.6 is 0 Å². The van der Waals surface area contributed by atoms with Gasteiger partial charge < -0.3 is 14.9 Å². The smallest absolute Gasteiger partial charge is 0.412 e. The van der Waals surface area contributed by atoms with Crippen LogP contribution in [0.2, 0.25) is 0 Å². The molecule has 7 nitrogen and oxygen atoms in total. The van der Waals surface area contributed by atoms with Crippen molar-refractivity contribution in [3.05, 3.63) is 30.1 Å². The Bertz CT molecular complexity index is 816. The Morgan fingerprint density at radius 1 is 1.41 bits per heavy atom. The van der Waals surface area contributed by atoms with E-state index >= 15 is 0 Å². The quantitative estimate of drug-likeness (QED) is 0.810. The largest absolute Gasteiger partial charge is 0.492 e. The third kappa shape index (κ3) is 3.93. The number of hydrogen-bond donors (Lipinski definition) is 2. The van der Waals surface area contributed by atoms with Crippen molar-refractivity contribution >= 4 is 11.8 Å². The molecule has 27 heavy (non-hydrogen) atoms. The lowest BCUT2D eigenvalue weighted by molar-refractivity contribution is 0.198. The molecular formula is C20H27N3O4. The van der Waals surface area contributed by atoms with E-state index in [-0.39, 0.29) is 12.6 Å². The van der Waals surface area contributed by atoms with Crippen LogP contribution in [0.1, 0.15) is 32.8 Å². The lowest BCUT2D eigenvalue weighted by atomic mass is 9.92. The molecule has 2 heterocycles. The highest BCUT2D eigenvalue weighted by Crippen LogP contribution is 2.43. The van der Waals surface area contributed by atoms with E-state index in [0.717, 1.165) is 35.3 Å². The van der Waals surface area contributed by atoms with Crippen molar-refractivity contribution in [2.24, 2.45) is 5.92 Å². The lowest BCUT2D eigenvalue weighted by Crippen LogP contribution is -2.41. The number of hydrogen-bond acceptors (Lipinski definition) is 4. The first kappa shape index (κ1) is 19.2. The maximum Gasteiger partial charge on any atom is 0.412 e. The fraction of sp³-hybridized carbons (Fsp3) is 0.500. The molecule has 1 atom stereocenters. The average molecular weight is 373 g/mol. The molecule has 1 aliphatic rings. The van der Waals surface area contributed by atoms with Crippen molar-refractivity contribution in [1.82, 2.24) is 9.78 Å². The van der Waals surface area contributed by atoms with Crippen molar-refractivity contribution in [2.75, 3.05) is 18.1 Å². The van der Waals surface area contributed by atoms with Gasteiger partial charge in [-0.05, 0) is 37.8 Å². The minimum Gasteiger partial charge on any atom is -0.492 e. The Morgan fingerprint density at radius 3 is 2.85 bits per heavy atom. The Hall–Kier alpha value is -2.54. The molecule has 0 aliphatic carbocycles. The van der Waals surface area contributed by atoms with Crippen LogP contribution in [0.15, 0.2) is 24.5 Å². The number of aromatic nitrogens is 2. The summed E-state index contributed by atoms with van der Waals surface area (Å²) in [5, 5.41) is 23.1. The highest BCUT2D eigenvalue weighted by Gasteiger charge is 2.31. The maximum atomic E-state index is 11.8. The maximum absolute atomic E-state index is 11.8. The van der Waals surface area contributed by atoms with Crippen LogP contribution in [0.4, 0.5) is 10.5 Å². The second-order valence-electron chi connectivity index (χ2n) is 7.40. The number of ether oxygens (including phenoxy) is 1. The average Bonchev–Trinajstić information content (AvgIpc) is 3.07. The summed E-state index contributed by atoms with van der Waals surface area (Å²) in [4.78, 5) is 13.2. The van der Waals surface area contributed by atoms with Crippen molar-refractivity contribution < 1.29 is 19.7 Å². The standard InChI is InChI=1S/C20H27N3O4/c1-13(2)12-27-19-16(15-10-21-22(11-15)8-9-24)6-7-18-17(19)5-4-14(3)23(18)20(25)26/h6-7,10-11,13-14,24H,4-5,8-9,12H2,1-3H3,(H,25,26)/t14-/m0/s1. The molecule has 0 saturated carbocycles. The summed E-state index contributed by atoms with van der Waals surface area (Å²) in [5.74, 6) is 1.09. The minimum absolute atomic E-state index is 0.0213. The van der Waals surface area contributed by atoms with E-state index in [9.17, 15) is 9.90 Å². The Labute approximate surface area is 159 Å². The highest BCUT2D eigenvalue weighted by atomic mass is 16.5. The van der Waals surface area contributed by atoms with Crippen molar-refractivity contribution in [3.8, 4) is 16.9 Å². The summed E-state index contributed by atoms with van der Waals surface area (Å²) >= 11 is 0. The summed E-state index contributed by atoms with van der Waals surface area (Å²) in [6, 6.07) is 3.70. The van der Waals surface area contributed by atoms with Gasteiger partial charge >= 0.3 is 6.09 Å². The van der Waals surface area contributed by atoms with E-state index in [1.807, 2.05) is 25.3 Å². The molecule has 1 aliphatic heterocycles. The number of carbonyl (C=O) groups is 1. The number of fused-ring (bicyclic) bond motifs is 1. The Kier molecular flexibility index (Phi) is 5.70. The van der Waals surface area contributed by atoms with Gasteiger partial charge in [0.05, 0.1) is 31.6 Å². The zero-order valence-electron chi connectivity index (χ0n) is 16.1. The predicted molar refractivity (Wildman–Crippen MR) is 103 cm³/mol. The van der Waals surface area contributed by atoms with Gasteiger partial charge in [-0.15, -0.1) is 0 Å². The third-order valence-electron chi connectivity index (χ3n) is 4.79. The normalized spacial score (nSPS) is 16.5. The van der Waals surface area contributed by atoms with E-state index in [1.54, 1.807) is 10.9 Å². The number of carboxylic acid groups (broad SMARTS) is 1. The predicted octanol–water partition coefficient (Wildman–Crippen LogP) is 3.40. The second kappa shape index (κ2) is 8.00. The van der Waals surface area contributed by atoms with Gasteiger partial charge in [0.2, 0.25) is 0 Å². The molecule has 0 radical (unpaired) electrons. The SMILES string of the molecule is CC(C)COc1c(-c2cnn(CCO)c2)ccc2c1CC[C@H](C)N2C(=O)O. The van der Waals surface area contributed by atoms with Crippen LogP contribution in [0.3, 0.4) is 0 Å². The zero-order chi connectivity index (χ0) is 19.6. The van der Waals surface area contributed by atoms with Crippen molar-refractivity contribution in [1.29, 1.82) is 0 Å². The molecule has 2 aromatic rings. The minimum atomic E-state index is -0.943. The summed E-state index contributed by atoms with van der Waals surface area (Å²) in [6.07, 6.45) is 4.21. The van der Waals surface area contributed by atoms with Crippen molar-refractivity contribution in [3.63, 3.8) is 0 Å². The topological polar surface area (TPSA) is 87.8 Å². The van der Waals surface area contributed by atoms with Gasteiger partial charge in [-0.25, -0.2) is 4.79 Å². The highest BCUT2D eigenvalue weighted by molar-refractivity contribution is 5.91. The number of nitrogens with zero attached hydrogens (tertiary/aromatic N) is 3. The molecule has 0 unspecified atom stereocenters. The zero-order valence-corrected chi connectivity index (χ0v) is 16.1. The van der Waals surface area contributed by atoms with Gasteiger partial charge in [0.15, 0.2) is 0 Å². The van der Waals surface area contributed by atoms with Crippen LogP contribution in [0.5, 0.6) is 5.75 Å². The van der Waals surface area contributed by atoms with Crippen molar-refractivity contribution in [2.45, 2.75) is 46.2 Å². The van der Waals surface area contributed by atoms with Gasteiger partial charge in [-0.1, -0.05) is 13.8 Å². The van der Waals surface area contributed by atoms with E-state index in [4.69, 9.17) is 9.84 Å². The molecule has 146 valence electrons. The third-order valence-corrected chi connectivity index (χ3v) is 4.79. The first-order valence-electron chi connectivity index (χ1n) is 9.36. The number of aliphatic hydroxyl groups excluding tert-OH is 1. The molecule has 1 amide bonds. The van der Waals surface area contributed by atoms with Gasteiger partial charge in [0, 0.05) is 28.9 Å². The molecule has 0 spiro atoms. The molecule has 1 aromatic heterocycles. The first-order valence-corrected chi connectivity index (χ1v) is 9.36. The molecule has 0 fully saturated rings. The van der Waals surface area contributed by atoms with E-state index < -0.39 is 6.09 Å². The number of anilines is 1. The number of amides is 1. The molecule has 7 heteroatoms. The van der Waals surface area contributed by atoms with E-state index in [1.165, 1.54) is 4.90 Å². The monoisotopic (exact) mass is 373 g/mol. The number of aliphatic hydroxyl groups is 1. The van der Waals surface area contributed by atoms with Gasteiger partial charge in [0.25, 0.3) is 0 Å². The van der Waals surface area contributed by atoms with Crippen LogP contribution < -0.4 is 9.64 Å². The van der Waals surface area contributed by atoms with Crippen LogP contribution in [-0.2, 0) is 13.0 Å². The van der Waals surface area contributed by atoms with Crippen LogP contribution in [-0.4, -0.2) is 45.3 Å². The van der Waals surface area contributed by atoms with Crippen LogP contribution in [0.25, 0.3) is 11.1 Å². The van der Waals surface area contributed by atoms with E-state index in [0.29, 0.717) is 24.8 Å². The lowest BCUT2D eigenvalue weighted by Gasteiger charge is -2.34. The fourth-order valence-corrected chi connectivity index (χ4v) is 3.47. The summed E-state index contributed by atoms with van der Waals surface area (Å²) in [6.45, 7) is 7.10. The number of rotatable bonds is 6. The van der Waals surface area contributed by atoms with Crippen LogP contribution in [0, 0.1) is 5.92 Å². The molecular weight excluding hydrogens is 346 g/mol. The molecule has 1 aromatic carbocycles. The van der Waals surface area contributed by atoms with E-state index in [2.05, 4.69) is 18.9 Å². The summed E-state index contributed by atoms with van der Waals surface area (Å²) in [5.41, 5.74) is 3.43. The fourth-order valence-electron chi connectivity index (χ4n) is 3.47. The van der Waals surface area contributed by atoms with Gasteiger partial charge in [-0.2, -0.15) is 5.10 Å². The molecule has 0 bridgehead atoms. The first-order chi connectivity index (χ1) is 12.9. The van der Waals surface area contributed by atoms with Gasteiger partial charge in [-0.3, -0.25) is 9.58 Å². The van der Waals surface area contributed by atoms with Gasteiger partial charge in [0.1, 0.15) is 5.75 Å². The Balaban J connectivity index is 2.09. The number of benzene rings is 1. The Morgan fingerprint density at radius 2 is 2.19 bits per heavy atom. The molecule has 2 N–H and O–H groups in total. The molecule has 3 rings (SSSR count). The summed E-state index contributed by atoms with van der Waals surface area (Å²) in [7, 11) is 0. The molecule has 0 saturated heterocycles. The second-order valence-corrected chi connectivity index (χ2v) is 7.40.